The van der Waals surface area contributed by atoms with E-state index in [0.717, 1.165) is 35.6 Å². The van der Waals surface area contributed by atoms with Gasteiger partial charge in [-0.2, -0.15) is 5.10 Å². The van der Waals surface area contributed by atoms with E-state index in [1.165, 1.54) is 24.8 Å². The molecule has 1 aliphatic rings. The molecule has 3 unspecified atom stereocenters. The van der Waals surface area contributed by atoms with Crippen molar-refractivity contribution in [1.82, 2.24) is 15.1 Å². The number of hydrogen-bond donors (Lipinski definition) is 1. The zero-order valence-electron chi connectivity index (χ0n) is 12.5. The van der Waals surface area contributed by atoms with Gasteiger partial charge in [0.15, 0.2) is 0 Å². The summed E-state index contributed by atoms with van der Waals surface area (Å²) in [6.07, 6.45) is 4.88. The maximum absolute atomic E-state index is 6.35. The van der Waals surface area contributed by atoms with Crippen molar-refractivity contribution in [3.63, 3.8) is 0 Å². The Hall–Kier alpha value is -0.540. The molecule has 0 radical (unpaired) electrons. The molecule has 2 rings (SSSR count). The quantitative estimate of drug-likeness (QED) is 0.898. The molecule has 0 amide bonds. The monoisotopic (exact) mass is 283 g/mol. The van der Waals surface area contributed by atoms with Crippen LogP contribution in [-0.4, -0.2) is 22.4 Å². The molecule has 0 spiro atoms. The minimum Gasteiger partial charge on any atom is -0.314 e. The van der Waals surface area contributed by atoms with E-state index in [1.54, 1.807) is 4.68 Å². The van der Waals surface area contributed by atoms with Crippen molar-refractivity contribution < 1.29 is 0 Å². The van der Waals surface area contributed by atoms with E-state index < -0.39 is 0 Å². The molecule has 0 aliphatic heterocycles. The lowest BCUT2D eigenvalue weighted by atomic mass is 9.90. The van der Waals surface area contributed by atoms with E-state index in [2.05, 4.69) is 31.2 Å². The molecule has 1 saturated carbocycles. The Morgan fingerprint density at radius 1 is 1.42 bits per heavy atom. The van der Waals surface area contributed by atoms with Crippen molar-refractivity contribution in [2.24, 2.45) is 18.9 Å². The van der Waals surface area contributed by atoms with Gasteiger partial charge in [-0.05, 0) is 51.0 Å². The van der Waals surface area contributed by atoms with E-state index >= 15 is 0 Å². The van der Waals surface area contributed by atoms with Crippen LogP contribution in [0.5, 0.6) is 0 Å². The fourth-order valence-electron chi connectivity index (χ4n) is 3.32. The third-order valence-corrected chi connectivity index (χ3v) is 5.09. The molecule has 1 heterocycles. The van der Waals surface area contributed by atoms with E-state index in [1.807, 2.05) is 7.05 Å². The lowest BCUT2D eigenvalue weighted by Gasteiger charge is -2.21. The fourth-order valence-corrected chi connectivity index (χ4v) is 3.57. The summed E-state index contributed by atoms with van der Waals surface area (Å²) in [5.74, 6) is 1.46. The Bertz CT molecular complexity index is 427. The molecule has 1 aromatic heterocycles. The van der Waals surface area contributed by atoms with Gasteiger partial charge in [0, 0.05) is 18.7 Å². The van der Waals surface area contributed by atoms with Gasteiger partial charge in [0.25, 0.3) is 0 Å². The lowest BCUT2D eigenvalue weighted by Crippen LogP contribution is -2.33. The van der Waals surface area contributed by atoms with Crippen LogP contribution < -0.4 is 5.32 Å². The van der Waals surface area contributed by atoms with Gasteiger partial charge in [0.1, 0.15) is 5.15 Å². The van der Waals surface area contributed by atoms with Crippen molar-refractivity contribution in [2.45, 2.75) is 52.5 Å². The van der Waals surface area contributed by atoms with E-state index in [4.69, 9.17) is 11.6 Å². The second kappa shape index (κ2) is 6.27. The molecular formula is C15H26ClN3. The van der Waals surface area contributed by atoms with Crippen LogP contribution in [0.3, 0.4) is 0 Å². The van der Waals surface area contributed by atoms with Gasteiger partial charge in [-0.15, -0.1) is 0 Å². The molecule has 19 heavy (non-hydrogen) atoms. The highest BCUT2D eigenvalue weighted by Crippen LogP contribution is 2.36. The number of nitrogens with zero attached hydrogens (tertiary/aromatic N) is 2. The van der Waals surface area contributed by atoms with E-state index in [9.17, 15) is 0 Å². The predicted octanol–water partition coefficient (Wildman–Crippen LogP) is 3.34. The van der Waals surface area contributed by atoms with Crippen molar-refractivity contribution in [1.29, 1.82) is 0 Å². The molecule has 3 nitrogen and oxygen atoms in total. The van der Waals surface area contributed by atoms with Crippen LogP contribution in [0.25, 0.3) is 0 Å². The predicted molar refractivity (Wildman–Crippen MR) is 80.6 cm³/mol. The van der Waals surface area contributed by atoms with Gasteiger partial charge in [-0.25, -0.2) is 0 Å². The minimum absolute atomic E-state index is 0.681. The second-order valence-electron chi connectivity index (χ2n) is 5.94. The van der Waals surface area contributed by atoms with E-state index in [-0.39, 0.29) is 0 Å². The molecule has 1 aliphatic carbocycles. The summed E-state index contributed by atoms with van der Waals surface area (Å²) in [5, 5.41) is 8.91. The number of rotatable bonds is 5. The Morgan fingerprint density at radius 2 is 2.16 bits per heavy atom. The van der Waals surface area contributed by atoms with Crippen LogP contribution in [0, 0.1) is 18.8 Å². The molecule has 1 fully saturated rings. The van der Waals surface area contributed by atoms with Crippen LogP contribution in [0.1, 0.15) is 44.4 Å². The van der Waals surface area contributed by atoms with Crippen molar-refractivity contribution in [3.05, 3.63) is 16.4 Å². The average molecular weight is 284 g/mol. The van der Waals surface area contributed by atoms with Gasteiger partial charge >= 0.3 is 0 Å². The number of halogens is 1. The maximum atomic E-state index is 6.35. The van der Waals surface area contributed by atoms with Gasteiger partial charge in [0.05, 0.1) is 5.69 Å². The summed E-state index contributed by atoms with van der Waals surface area (Å²) in [6, 6.07) is 0.681. The van der Waals surface area contributed by atoms with Gasteiger partial charge in [-0.3, -0.25) is 4.68 Å². The number of aromatic nitrogens is 2. The van der Waals surface area contributed by atoms with Crippen LogP contribution in [0.2, 0.25) is 5.15 Å². The number of hydrogen-bond acceptors (Lipinski definition) is 2. The van der Waals surface area contributed by atoms with Gasteiger partial charge in [0.2, 0.25) is 0 Å². The standard InChI is InChI=1S/C15H26ClN3/c1-5-8-17-14-7-6-12(10(14)2)9-13-11(3)18-19(4)15(13)16/h10,12,14,17H,5-9H2,1-4H3. The van der Waals surface area contributed by atoms with Crippen LogP contribution in [0.15, 0.2) is 0 Å². The highest BCUT2D eigenvalue weighted by molar-refractivity contribution is 6.30. The Morgan fingerprint density at radius 3 is 2.74 bits per heavy atom. The molecule has 3 atom stereocenters. The van der Waals surface area contributed by atoms with Crippen LogP contribution in [0.4, 0.5) is 0 Å². The zero-order chi connectivity index (χ0) is 14.0. The molecule has 108 valence electrons. The molecule has 4 heteroatoms. The molecule has 0 aromatic carbocycles. The maximum Gasteiger partial charge on any atom is 0.130 e. The topological polar surface area (TPSA) is 29.9 Å². The first kappa shape index (κ1) is 14.9. The second-order valence-corrected chi connectivity index (χ2v) is 6.30. The summed E-state index contributed by atoms with van der Waals surface area (Å²) in [6.45, 7) is 7.80. The lowest BCUT2D eigenvalue weighted by molar-refractivity contribution is 0.351. The molecule has 0 saturated heterocycles. The van der Waals surface area contributed by atoms with Crippen LogP contribution in [-0.2, 0) is 13.5 Å². The summed E-state index contributed by atoms with van der Waals surface area (Å²) in [7, 11) is 1.92. The van der Waals surface area contributed by atoms with Gasteiger partial charge < -0.3 is 5.32 Å². The summed E-state index contributed by atoms with van der Waals surface area (Å²) in [5.41, 5.74) is 2.34. The summed E-state index contributed by atoms with van der Waals surface area (Å²) >= 11 is 6.35. The summed E-state index contributed by atoms with van der Waals surface area (Å²) < 4.78 is 1.79. The average Bonchev–Trinajstić information content (AvgIpc) is 2.83. The van der Waals surface area contributed by atoms with Crippen molar-refractivity contribution in [2.75, 3.05) is 6.54 Å². The highest BCUT2D eigenvalue weighted by atomic mass is 35.5. The fraction of sp³-hybridized carbons (Fsp3) is 0.800. The molecular weight excluding hydrogens is 258 g/mol. The summed E-state index contributed by atoms with van der Waals surface area (Å²) in [4.78, 5) is 0. The first-order valence-corrected chi connectivity index (χ1v) is 7.83. The first-order chi connectivity index (χ1) is 9.04. The number of aryl methyl sites for hydroxylation is 2. The third kappa shape index (κ3) is 3.14. The number of nitrogens with one attached hydrogen (secondary N) is 1. The first-order valence-electron chi connectivity index (χ1n) is 7.46. The molecule has 0 bridgehead atoms. The highest BCUT2D eigenvalue weighted by Gasteiger charge is 2.33. The van der Waals surface area contributed by atoms with E-state index in [0.29, 0.717) is 6.04 Å². The third-order valence-electron chi connectivity index (χ3n) is 4.62. The zero-order valence-corrected chi connectivity index (χ0v) is 13.3. The van der Waals surface area contributed by atoms with Crippen molar-refractivity contribution in [3.8, 4) is 0 Å². The largest absolute Gasteiger partial charge is 0.314 e. The Labute approximate surface area is 121 Å². The van der Waals surface area contributed by atoms with Gasteiger partial charge in [-0.1, -0.05) is 25.4 Å². The Kier molecular flexibility index (Phi) is 4.91. The smallest absolute Gasteiger partial charge is 0.130 e. The van der Waals surface area contributed by atoms with Crippen LogP contribution >= 0.6 is 11.6 Å². The molecule has 1 aromatic rings. The molecule has 1 N–H and O–H groups in total. The SMILES string of the molecule is CCCNC1CCC(Cc2c(C)nn(C)c2Cl)C1C. The minimum atomic E-state index is 0.681. The normalized spacial score (nSPS) is 27.1. The van der Waals surface area contributed by atoms with Crippen molar-refractivity contribution >= 4 is 11.6 Å². The Balaban J connectivity index is 2.00.